The minimum atomic E-state index is -2.52. The third-order valence-corrected chi connectivity index (χ3v) is 5.88. The topological polar surface area (TPSA) is 60.7 Å². The Morgan fingerprint density at radius 2 is 1.50 bits per heavy atom. The molecule has 0 aromatic carbocycles. The molecule has 0 saturated carbocycles. The van der Waals surface area contributed by atoms with Crippen LogP contribution in [0.3, 0.4) is 0 Å². The van der Waals surface area contributed by atoms with Crippen molar-refractivity contribution in [3.05, 3.63) is 0 Å². The van der Waals surface area contributed by atoms with Crippen molar-refractivity contribution < 1.29 is 15.3 Å². The summed E-state index contributed by atoms with van der Waals surface area (Å²) in [7, 11) is 0. The van der Waals surface area contributed by atoms with E-state index >= 15 is 0 Å². The van der Waals surface area contributed by atoms with E-state index in [0.29, 0.717) is 6.16 Å². The number of aliphatic hydroxyl groups is 3. The SMILES string of the molecule is CCCCCCCCP(Br)C(O)(O)O. The molecular weight excluding hydrogens is 267 g/mol. The lowest BCUT2D eigenvalue weighted by Gasteiger charge is -2.20. The first-order chi connectivity index (χ1) is 6.48. The molecule has 0 rings (SSSR count). The van der Waals surface area contributed by atoms with E-state index in [1.165, 1.54) is 25.7 Å². The summed E-state index contributed by atoms with van der Waals surface area (Å²) in [5.74, 6) is 0. The lowest BCUT2D eigenvalue weighted by Crippen LogP contribution is -2.23. The molecule has 0 amide bonds. The highest BCUT2D eigenvalue weighted by Crippen LogP contribution is 2.52. The van der Waals surface area contributed by atoms with Crippen molar-refractivity contribution >= 4 is 22.1 Å². The molecule has 1 atom stereocenters. The molecule has 0 fully saturated rings. The van der Waals surface area contributed by atoms with E-state index in [-0.39, 0.29) is 0 Å². The molecule has 1 unspecified atom stereocenters. The molecule has 0 bridgehead atoms. The van der Waals surface area contributed by atoms with Crippen LogP contribution in [0.15, 0.2) is 0 Å². The summed E-state index contributed by atoms with van der Waals surface area (Å²) in [6, 6.07) is 0. The Morgan fingerprint density at radius 1 is 1.00 bits per heavy atom. The Balaban J connectivity index is 3.28. The Kier molecular flexibility index (Phi) is 8.45. The van der Waals surface area contributed by atoms with Gasteiger partial charge in [0, 0.05) is 0 Å². The van der Waals surface area contributed by atoms with E-state index in [1.807, 2.05) is 0 Å². The van der Waals surface area contributed by atoms with Gasteiger partial charge in [0.25, 0.3) is 0 Å². The molecule has 86 valence electrons. The minimum absolute atomic E-state index is 0.644. The number of unbranched alkanes of at least 4 members (excludes halogenated alkanes) is 5. The first kappa shape index (κ1) is 14.8. The van der Waals surface area contributed by atoms with Crippen LogP contribution in [0.5, 0.6) is 0 Å². The van der Waals surface area contributed by atoms with Gasteiger partial charge in [-0.25, -0.2) is 0 Å². The smallest absolute Gasteiger partial charge is 0.304 e. The second-order valence-corrected chi connectivity index (χ2v) is 7.79. The van der Waals surface area contributed by atoms with Crippen LogP contribution in [0.4, 0.5) is 0 Å². The van der Waals surface area contributed by atoms with Gasteiger partial charge >= 0.3 is 5.71 Å². The minimum Gasteiger partial charge on any atom is -0.340 e. The van der Waals surface area contributed by atoms with Crippen LogP contribution in [0.2, 0.25) is 0 Å². The second-order valence-electron chi connectivity index (χ2n) is 3.45. The van der Waals surface area contributed by atoms with Crippen molar-refractivity contribution in [1.82, 2.24) is 0 Å². The Bertz CT molecular complexity index is 139. The molecule has 14 heavy (non-hydrogen) atoms. The van der Waals surface area contributed by atoms with Gasteiger partial charge in [-0.15, -0.1) is 0 Å². The summed E-state index contributed by atoms with van der Waals surface area (Å²) in [6.07, 6.45) is 7.62. The summed E-state index contributed by atoms with van der Waals surface area (Å²) in [6.45, 7) is 0.909. The second kappa shape index (κ2) is 8.00. The van der Waals surface area contributed by atoms with Gasteiger partial charge in [0.15, 0.2) is 0 Å². The lowest BCUT2D eigenvalue weighted by atomic mass is 10.1. The van der Waals surface area contributed by atoms with Crippen molar-refractivity contribution in [1.29, 1.82) is 0 Å². The summed E-state index contributed by atoms with van der Waals surface area (Å²) >= 11 is 3.10. The largest absolute Gasteiger partial charge is 0.340 e. The molecule has 0 radical (unpaired) electrons. The molecule has 3 nitrogen and oxygen atoms in total. The van der Waals surface area contributed by atoms with Crippen molar-refractivity contribution in [2.24, 2.45) is 0 Å². The highest BCUT2D eigenvalue weighted by atomic mass is 79.9. The number of hydrogen-bond donors (Lipinski definition) is 3. The molecule has 0 aromatic heterocycles. The van der Waals surface area contributed by atoms with Crippen LogP contribution in [-0.4, -0.2) is 27.2 Å². The fourth-order valence-corrected chi connectivity index (χ4v) is 2.73. The van der Waals surface area contributed by atoms with Gasteiger partial charge in [-0.2, -0.15) is 0 Å². The predicted molar refractivity (Wildman–Crippen MR) is 63.5 cm³/mol. The zero-order valence-electron chi connectivity index (χ0n) is 8.62. The molecule has 0 spiro atoms. The van der Waals surface area contributed by atoms with Gasteiger partial charge in [-0.3, -0.25) is 0 Å². The maximum Gasteiger partial charge on any atom is 0.304 e. The third kappa shape index (κ3) is 8.13. The Hall–Kier alpha value is 0.790. The normalized spacial score (nSPS) is 14.4. The fraction of sp³-hybridized carbons (Fsp3) is 1.00. The maximum absolute atomic E-state index is 8.82. The molecule has 0 heterocycles. The van der Waals surface area contributed by atoms with Crippen LogP contribution in [-0.2, 0) is 0 Å². The van der Waals surface area contributed by atoms with Gasteiger partial charge < -0.3 is 15.3 Å². The molecule has 0 aliphatic rings. The van der Waals surface area contributed by atoms with E-state index < -0.39 is 12.3 Å². The first-order valence-electron chi connectivity index (χ1n) is 5.09. The van der Waals surface area contributed by atoms with E-state index in [0.717, 1.165) is 12.8 Å². The highest BCUT2D eigenvalue weighted by Gasteiger charge is 2.28. The maximum atomic E-state index is 8.82. The molecule has 0 aliphatic carbocycles. The molecule has 0 aromatic rings. The summed E-state index contributed by atoms with van der Waals surface area (Å²) in [4.78, 5) is 0. The van der Waals surface area contributed by atoms with Crippen LogP contribution >= 0.6 is 22.1 Å². The number of rotatable bonds is 8. The van der Waals surface area contributed by atoms with Crippen molar-refractivity contribution in [3.63, 3.8) is 0 Å². The average Bonchev–Trinajstić information content (AvgIpc) is 2.09. The van der Waals surface area contributed by atoms with Crippen LogP contribution in [0.1, 0.15) is 45.4 Å². The van der Waals surface area contributed by atoms with Gasteiger partial charge in [0.05, 0.1) is 6.62 Å². The predicted octanol–water partition coefficient (Wildman–Crippen LogP) is 2.73. The number of hydrogen-bond acceptors (Lipinski definition) is 3. The third-order valence-electron chi connectivity index (χ3n) is 2.03. The van der Waals surface area contributed by atoms with E-state index in [1.54, 1.807) is 0 Å². The van der Waals surface area contributed by atoms with E-state index in [9.17, 15) is 0 Å². The zero-order chi connectivity index (χ0) is 11.0. The fourth-order valence-electron chi connectivity index (χ4n) is 1.18. The average molecular weight is 287 g/mol. The summed E-state index contributed by atoms with van der Waals surface area (Å²) < 4.78 is 0. The van der Waals surface area contributed by atoms with Crippen molar-refractivity contribution in [2.45, 2.75) is 51.2 Å². The summed E-state index contributed by atoms with van der Waals surface area (Å²) in [5.41, 5.74) is -2.52. The van der Waals surface area contributed by atoms with Crippen LogP contribution < -0.4 is 0 Å². The molecule has 0 saturated heterocycles. The molecule has 5 heteroatoms. The van der Waals surface area contributed by atoms with Crippen LogP contribution in [0, 0.1) is 0 Å². The first-order valence-corrected chi connectivity index (χ1v) is 8.63. The molecule has 3 N–H and O–H groups in total. The standard InChI is InChI=1S/C9H20BrO3P/c1-2-3-4-5-6-7-8-14(10)9(11,12)13/h11-13H,2-8H2,1H3. The zero-order valence-corrected chi connectivity index (χ0v) is 11.1. The molecule has 0 aliphatic heterocycles. The summed E-state index contributed by atoms with van der Waals surface area (Å²) in [5, 5.41) is 26.5. The van der Waals surface area contributed by atoms with Gasteiger partial charge in [0.2, 0.25) is 0 Å². The van der Waals surface area contributed by atoms with E-state index in [2.05, 4.69) is 22.4 Å². The Morgan fingerprint density at radius 3 is 2.00 bits per heavy atom. The van der Waals surface area contributed by atoms with Crippen molar-refractivity contribution in [3.8, 4) is 0 Å². The lowest BCUT2D eigenvalue weighted by molar-refractivity contribution is -0.238. The van der Waals surface area contributed by atoms with Gasteiger partial charge in [0.1, 0.15) is 0 Å². The number of halogens is 1. The van der Waals surface area contributed by atoms with Gasteiger partial charge in [-0.05, 0) is 12.6 Å². The Labute approximate surface area is 95.0 Å². The highest BCUT2D eigenvalue weighted by molar-refractivity contribution is 9.39. The van der Waals surface area contributed by atoms with Crippen molar-refractivity contribution in [2.75, 3.05) is 6.16 Å². The van der Waals surface area contributed by atoms with E-state index in [4.69, 9.17) is 15.3 Å². The molecular formula is C9H20BrO3P. The monoisotopic (exact) mass is 286 g/mol. The van der Waals surface area contributed by atoms with Crippen LogP contribution in [0.25, 0.3) is 0 Å². The van der Waals surface area contributed by atoms with Gasteiger partial charge in [-0.1, -0.05) is 54.5 Å². The quantitative estimate of drug-likeness (QED) is 0.365.